The van der Waals surface area contributed by atoms with Crippen LogP contribution >= 0.6 is 0 Å². The van der Waals surface area contributed by atoms with Crippen LogP contribution in [0.1, 0.15) is 48.9 Å². The van der Waals surface area contributed by atoms with Crippen LogP contribution < -0.4 is 5.73 Å². The summed E-state index contributed by atoms with van der Waals surface area (Å²) in [5.41, 5.74) is 13.4. The standard InChI is InChI=1S/C29H29NO2/c1-29(2,3)21-14-12-20(13-15-21)18-22(30)16-17-28(31)32-19-27-25-10-6-4-8-23(25)24-9-5-7-11-26(24)27/h4-15,22,27H,18-19,30H2,1-3H3/t22-/m0/s1. The Hall–Kier alpha value is -3.35. The third-order valence-corrected chi connectivity index (χ3v) is 5.98. The molecule has 0 bridgehead atoms. The molecule has 32 heavy (non-hydrogen) atoms. The molecular weight excluding hydrogens is 394 g/mol. The zero-order valence-electron chi connectivity index (χ0n) is 18.9. The molecule has 3 nitrogen and oxygen atoms in total. The van der Waals surface area contributed by atoms with Gasteiger partial charge in [0.25, 0.3) is 0 Å². The molecule has 3 aromatic rings. The summed E-state index contributed by atoms with van der Waals surface area (Å²) in [4.78, 5) is 12.3. The van der Waals surface area contributed by atoms with E-state index in [9.17, 15) is 4.79 Å². The highest BCUT2D eigenvalue weighted by atomic mass is 16.5. The van der Waals surface area contributed by atoms with Gasteiger partial charge in [0.15, 0.2) is 0 Å². The van der Waals surface area contributed by atoms with Gasteiger partial charge in [0.05, 0.1) is 6.04 Å². The smallest absolute Gasteiger partial charge is 0.384 e. The number of carbonyl (C=O) groups excluding carboxylic acids is 1. The van der Waals surface area contributed by atoms with Gasteiger partial charge in [-0.1, -0.05) is 99.5 Å². The Morgan fingerprint density at radius 3 is 2.06 bits per heavy atom. The summed E-state index contributed by atoms with van der Waals surface area (Å²) in [6, 6.07) is 24.5. The summed E-state index contributed by atoms with van der Waals surface area (Å²) < 4.78 is 5.53. The number of nitrogens with two attached hydrogens (primary N) is 1. The lowest BCUT2D eigenvalue weighted by atomic mass is 9.86. The highest BCUT2D eigenvalue weighted by Gasteiger charge is 2.28. The van der Waals surface area contributed by atoms with E-state index in [0.717, 1.165) is 5.56 Å². The van der Waals surface area contributed by atoms with Crippen LogP contribution in [0, 0.1) is 11.8 Å². The predicted molar refractivity (Wildman–Crippen MR) is 129 cm³/mol. The third kappa shape index (κ3) is 4.77. The molecule has 2 N–H and O–H groups in total. The van der Waals surface area contributed by atoms with Gasteiger partial charge in [-0.2, -0.15) is 0 Å². The van der Waals surface area contributed by atoms with Crippen molar-refractivity contribution in [2.75, 3.05) is 6.61 Å². The van der Waals surface area contributed by atoms with Crippen molar-refractivity contribution in [1.29, 1.82) is 0 Å². The first-order chi connectivity index (χ1) is 15.3. The molecule has 0 saturated carbocycles. The summed E-state index contributed by atoms with van der Waals surface area (Å²) in [6.45, 7) is 6.83. The van der Waals surface area contributed by atoms with Crippen LogP contribution in [-0.2, 0) is 21.4 Å². The van der Waals surface area contributed by atoms with E-state index >= 15 is 0 Å². The van der Waals surface area contributed by atoms with Crippen molar-refractivity contribution in [3.63, 3.8) is 0 Å². The molecule has 0 saturated heterocycles. The fourth-order valence-electron chi connectivity index (χ4n) is 4.23. The van der Waals surface area contributed by atoms with E-state index in [0.29, 0.717) is 6.42 Å². The van der Waals surface area contributed by atoms with E-state index < -0.39 is 12.0 Å². The van der Waals surface area contributed by atoms with Crippen molar-refractivity contribution in [1.82, 2.24) is 0 Å². The molecule has 162 valence electrons. The summed E-state index contributed by atoms with van der Waals surface area (Å²) >= 11 is 0. The number of rotatable bonds is 4. The number of fused-ring (bicyclic) bond motifs is 3. The Morgan fingerprint density at radius 1 is 0.938 bits per heavy atom. The first kappa shape index (κ1) is 21.9. The number of esters is 1. The molecule has 0 aromatic heterocycles. The Labute approximate surface area is 190 Å². The number of hydrogen-bond acceptors (Lipinski definition) is 3. The molecule has 4 rings (SSSR count). The highest BCUT2D eigenvalue weighted by Crippen LogP contribution is 2.44. The van der Waals surface area contributed by atoms with Crippen LogP contribution in [-0.4, -0.2) is 18.6 Å². The maximum atomic E-state index is 12.3. The molecule has 1 aliphatic rings. The molecule has 3 heteroatoms. The highest BCUT2D eigenvalue weighted by molar-refractivity contribution is 5.88. The minimum absolute atomic E-state index is 0.0307. The van der Waals surface area contributed by atoms with Gasteiger partial charge >= 0.3 is 5.97 Å². The van der Waals surface area contributed by atoms with Crippen molar-refractivity contribution in [2.24, 2.45) is 5.73 Å². The largest absolute Gasteiger partial charge is 0.455 e. The van der Waals surface area contributed by atoms with E-state index in [4.69, 9.17) is 10.5 Å². The SMILES string of the molecule is CC(C)(C)c1ccc(C[C@@H](N)C#CC(=O)OCC2c3ccccc3-c3ccccc32)cc1. The maximum Gasteiger partial charge on any atom is 0.384 e. The molecule has 3 aromatic carbocycles. The van der Waals surface area contributed by atoms with Gasteiger partial charge in [-0.25, -0.2) is 4.79 Å². The van der Waals surface area contributed by atoms with Gasteiger partial charge in [0.2, 0.25) is 0 Å². The van der Waals surface area contributed by atoms with E-state index in [1.807, 2.05) is 24.3 Å². The Morgan fingerprint density at radius 2 is 1.50 bits per heavy atom. The number of carbonyl (C=O) groups is 1. The normalized spacial score (nSPS) is 13.5. The van der Waals surface area contributed by atoms with E-state index in [1.165, 1.54) is 27.8 Å². The fourth-order valence-corrected chi connectivity index (χ4v) is 4.23. The van der Waals surface area contributed by atoms with E-state index in [-0.39, 0.29) is 17.9 Å². The topological polar surface area (TPSA) is 52.3 Å². The van der Waals surface area contributed by atoms with Gasteiger partial charge in [-0.3, -0.25) is 0 Å². The lowest BCUT2D eigenvalue weighted by molar-refractivity contribution is -0.136. The average Bonchev–Trinajstić information content (AvgIpc) is 3.10. The summed E-state index contributed by atoms with van der Waals surface area (Å²) in [6.07, 6.45) is 0.591. The molecule has 0 radical (unpaired) electrons. The number of benzene rings is 3. The van der Waals surface area contributed by atoms with Crippen LogP contribution in [0.25, 0.3) is 11.1 Å². The second kappa shape index (κ2) is 9.02. The zero-order chi connectivity index (χ0) is 22.7. The van der Waals surface area contributed by atoms with Crippen molar-refractivity contribution < 1.29 is 9.53 Å². The summed E-state index contributed by atoms with van der Waals surface area (Å²) in [5, 5.41) is 0. The van der Waals surface area contributed by atoms with E-state index in [2.05, 4.69) is 81.1 Å². The molecular formula is C29H29NO2. The molecule has 1 aliphatic carbocycles. The van der Waals surface area contributed by atoms with Gasteiger partial charge in [-0.15, -0.1) is 0 Å². The van der Waals surface area contributed by atoms with Gasteiger partial charge in [0.1, 0.15) is 6.61 Å². The Kier molecular flexibility index (Phi) is 6.17. The summed E-state index contributed by atoms with van der Waals surface area (Å²) in [7, 11) is 0. The number of ether oxygens (including phenoxy) is 1. The third-order valence-electron chi connectivity index (χ3n) is 5.98. The second-order valence-electron chi connectivity index (χ2n) is 9.35. The van der Waals surface area contributed by atoms with Crippen molar-refractivity contribution in [3.8, 4) is 23.0 Å². The molecule has 0 fully saturated rings. The zero-order valence-corrected chi connectivity index (χ0v) is 18.9. The number of hydrogen-bond donors (Lipinski definition) is 1. The fraction of sp³-hybridized carbons (Fsp3) is 0.276. The van der Waals surface area contributed by atoms with Crippen LogP contribution in [0.3, 0.4) is 0 Å². The first-order valence-corrected chi connectivity index (χ1v) is 11.0. The Balaban J connectivity index is 1.36. The van der Waals surface area contributed by atoms with Crippen molar-refractivity contribution >= 4 is 5.97 Å². The molecule has 1 atom stereocenters. The van der Waals surface area contributed by atoms with Gasteiger partial charge in [0, 0.05) is 11.8 Å². The van der Waals surface area contributed by atoms with Gasteiger partial charge < -0.3 is 10.5 Å². The maximum absolute atomic E-state index is 12.3. The van der Waals surface area contributed by atoms with Gasteiger partial charge in [-0.05, 0) is 45.2 Å². The second-order valence-corrected chi connectivity index (χ2v) is 9.35. The monoisotopic (exact) mass is 423 g/mol. The lowest BCUT2D eigenvalue weighted by Gasteiger charge is -2.19. The van der Waals surface area contributed by atoms with Crippen LogP contribution in [0.5, 0.6) is 0 Å². The molecule has 0 spiro atoms. The quantitative estimate of drug-likeness (QED) is 0.356. The van der Waals surface area contributed by atoms with Crippen LogP contribution in [0.4, 0.5) is 0 Å². The minimum atomic E-state index is -0.537. The summed E-state index contributed by atoms with van der Waals surface area (Å²) in [5.74, 6) is 4.91. The Bertz CT molecular complexity index is 1130. The minimum Gasteiger partial charge on any atom is -0.455 e. The van der Waals surface area contributed by atoms with Crippen LogP contribution in [0.15, 0.2) is 72.8 Å². The molecule has 0 unspecified atom stereocenters. The van der Waals surface area contributed by atoms with Crippen molar-refractivity contribution in [3.05, 3.63) is 95.1 Å². The predicted octanol–water partition coefficient (Wildman–Crippen LogP) is 5.21. The van der Waals surface area contributed by atoms with Crippen molar-refractivity contribution in [2.45, 2.75) is 44.6 Å². The molecule has 0 amide bonds. The van der Waals surface area contributed by atoms with E-state index in [1.54, 1.807) is 0 Å². The lowest BCUT2D eigenvalue weighted by Crippen LogP contribution is -2.21. The molecule has 0 heterocycles. The first-order valence-electron chi connectivity index (χ1n) is 11.0. The molecule has 0 aliphatic heterocycles. The average molecular weight is 424 g/mol. The van der Waals surface area contributed by atoms with Crippen LogP contribution in [0.2, 0.25) is 0 Å².